The predicted molar refractivity (Wildman–Crippen MR) is 50.1 cm³/mol. The van der Waals surface area contributed by atoms with Crippen molar-refractivity contribution in [2.45, 2.75) is 12.8 Å². The zero-order valence-electron chi connectivity index (χ0n) is 6.42. The summed E-state index contributed by atoms with van der Waals surface area (Å²) in [5.74, 6) is -0.193. The number of aryl methyl sites for hydroxylation is 1. The van der Waals surface area contributed by atoms with Gasteiger partial charge in [-0.1, -0.05) is 0 Å². The highest BCUT2D eigenvalue weighted by Gasteiger charge is 2.03. The zero-order valence-corrected chi connectivity index (χ0v) is 7.99. The van der Waals surface area contributed by atoms with Gasteiger partial charge in [0.25, 0.3) is 0 Å². The van der Waals surface area contributed by atoms with Crippen LogP contribution in [0.25, 0.3) is 0 Å². The molecule has 1 heterocycles. The molecule has 4 heteroatoms. The fraction of sp³-hybridized carbons (Fsp3) is 0.375. The van der Waals surface area contributed by atoms with Crippen LogP contribution in [-0.4, -0.2) is 17.0 Å². The van der Waals surface area contributed by atoms with E-state index in [1.807, 2.05) is 12.1 Å². The van der Waals surface area contributed by atoms with E-state index in [1.54, 1.807) is 0 Å². The van der Waals surface area contributed by atoms with Gasteiger partial charge in [-0.3, -0.25) is 4.79 Å². The minimum Gasteiger partial charge on any atom is -0.481 e. The third kappa shape index (κ3) is 2.83. The molecule has 2 nitrogen and oxygen atoms in total. The van der Waals surface area contributed by atoms with Gasteiger partial charge < -0.3 is 5.11 Å². The summed E-state index contributed by atoms with van der Waals surface area (Å²) >= 11 is 7.06. The number of hydrogen-bond donors (Lipinski definition) is 1. The van der Waals surface area contributed by atoms with Gasteiger partial charge in [0.05, 0.1) is 6.42 Å². The number of carboxylic acids is 1. The van der Waals surface area contributed by atoms with Crippen LogP contribution in [0.15, 0.2) is 12.1 Å². The van der Waals surface area contributed by atoms with E-state index in [-0.39, 0.29) is 6.42 Å². The first-order valence-electron chi connectivity index (χ1n) is 3.57. The molecule has 0 unspecified atom stereocenters. The Kier molecular flexibility index (Phi) is 3.56. The summed E-state index contributed by atoms with van der Waals surface area (Å²) in [6.07, 6.45) is 0.943. The van der Waals surface area contributed by atoms with E-state index >= 15 is 0 Å². The lowest BCUT2D eigenvalue weighted by Crippen LogP contribution is -1.96. The average molecular weight is 205 g/mol. The Morgan fingerprint density at radius 1 is 1.50 bits per heavy atom. The summed E-state index contributed by atoms with van der Waals surface area (Å²) in [7, 11) is 0. The first kappa shape index (κ1) is 9.55. The maximum atomic E-state index is 10.3. The molecule has 0 saturated carbocycles. The molecule has 66 valence electrons. The van der Waals surface area contributed by atoms with Crippen LogP contribution in [0.2, 0.25) is 0 Å². The number of halogens is 1. The van der Waals surface area contributed by atoms with Gasteiger partial charge in [-0.2, -0.15) is 0 Å². The van der Waals surface area contributed by atoms with Gasteiger partial charge in [0.2, 0.25) is 0 Å². The second-order valence-electron chi connectivity index (χ2n) is 2.38. The normalized spacial score (nSPS) is 10.1. The van der Waals surface area contributed by atoms with Crippen molar-refractivity contribution in [3.63, 3.8) is 0 Å². The fourth-order valence-electron chi connectivity index (χ4n) is 0.894. The van der Waals surface area contributed by atoms with Crippen molar-refractivity contribution < 1.29 is 9.90 Å². The molecule has 0 fully saturated rings. The van der Waals surface area contributed by atoms with Crippen molar-refractivity contribution in [2.75, 3.05) is 5.88 Å². The second kappa shape index (κ2) is 4.48. The van der Waals surface area contributed by atoms with E-state index < -0.39 is 5.97 Å². The molecule has 0 aliphatic rings. The van der Waals surface area contributed by atoms with E-state index in [4.69, 9.17) is 16.7 Å². The lowest BCUT2D eigenvalue weighted by molar-refractivity contribution is -0.136. The molecule has 0 amide bonds. The van der Waals surface area contributed by atoms with Crippen LogP contribution in [0.1, 0.15) is 9.75 Å². The van der Waals surface area contributed by atoms with Gasteiger partial charge in [-0.25, -0.2) is 0 Å². The van der Waals surface area contributed by atoms with Crippen molar-refractivity contribution in [2.24, 2.45) is 0 Å². The number of aliphatic carboxylic acids is 1. The van der Waals surface area contributed by atoms with Crippen LogP contribution < -0.4 is 0 Å². The molecule has 1 aromatic rings. The fourth-order valence-corrected chi connectivity index (χ4v) is 2.22. The molecule has 0 saturated heterocycles. The van der Waals surface area contributed by atoms with Crippen LogP contribution in [0.5, 0.6) is 0 Å². The zero-order chi connectivity index (χ0) is 8.97. The third-order valence-corrected chi connectivity index (χ3v) is 2.72. The molecule has 0 aromatic carbocycles. The number of thiophene rings is 1. The van der Waals surface area contributed by atoms with E-state index in [1.165, 1.54) is 11.3 Å². The standard InChI is InChI=1S/C8H9ClO2S/c9-4-3-6-1-2-7(12-6)5-8(10)11/h1-2H,3-5H2,(H,10,11). The highest BCUT2D eigenvalue weighted by atomic mass is 35.5. The Morgan fingerprint density at radius 2 is 2.17 bits per heavy atom. The molecule has 0 atom stereocenters. The minimum absolute atomic E-state index is 0.118. The topological polar surface area (TPSA) is 37.3 Å². The maximum Gasteiger partial charge on any atom is 0.308 e. The summed E-state index contributed by atoms with van der Waals surface area (Å²) in [6, 6.07) is 3.78. The van der Waals surface area contributed by atoms with Crippen molar-refractivity contribution in [3.8, 4) is 0 Å². The van der Waals surface area contributed by atoms with Gasteiger partial charge >= 0.3 is 5.97 Å². The predicted octanol–water partition coefficient (Wildman–Crippen LogP) is 2.16. The summed E-state index contributed by atoms with van der Waals surface area (Å²) < 4.78 is 0. The van der Waals surface area contributed by atoms with E-state index in [0.717, 1.165) is 16.2 Å². The molecule has 1 N–H and O–H groups in total. The largest absolute Gasteiger partial charge is 0.481 e. The first-order chi connectivity index (χ1) is 5.72. The molecule has 0 radical (unpaired) electrons. The summed E-state index contributed by atoms with van der Waals surface area (Å²) in [5.41, 5.74) is 0. The highest BCUT2D eigenvalue weighted by molar-refractivity contribution is 7.12. The lowest BCUT2D eigenvalue weighted by atomic mass is 10.3. The molecule has 0 bridgehead atoms. The third-order valence-electron chi connectivity index (χ3n) is 1.38. The molecular formula is C8H9ClO2S. The Hall–Kier alpha value is -0.540. The van der Waals surface area contributed by atoms with Crippen LogP contribution >= 0.6 is 22.9 Å². The Bertz CT molecular complexity index is 270. The lowest BCUT2D eigenvalue weighted by Gasteiger charge is -1.89. The molecule has 0 spiro atoms. The molecule has 0 aliphatic heterocycles. The van der Waals surface area contributed by atoms with Crippen molar-refractivity contribution in [1.29, 1.82) is 0 Å². The smallest absolute Gasteiger partial charge is 0.308 e. The van der Waals surface area contributed by atoms with E-state index in [0.29, 0.717) is 5.88 Å². The number of carbonyl (C=O) groups is 1. The molecular weight excluding hydrogens is 196 g/mol. The highest BCUT2D eigenvalue weighted by Crippen LogP contribution is 2.17. The average Bonchev–Trinajstić information content (AvgIpc) is 2.36. The maximum absolute atomic E-state index is 10.3. The van der Waals surface area contributed by atoms with Gasteiger partial charge in [0.15, 0.2) is 0 Å². The Morgan fingerprint density at radius 3 is 2.75 bits per heavy atom. The number of hydrogen-bond acceptors (Lipinski definition) is 2. The van der Waals surface area contributed by atoms with Crippen LogP contribution in [0.3, 0.4) is 0 Å². The summed E-state index contributed by atoms with van der Waals surface area (Å²) in [5, 5.41) is 8.49. The van der Waals surface area contributed by atoms with Crippen LogP contribution in [-0.2, 0) is 17.6 Å². The Labute approximate surface area is 79.8 Å². The molecule has 1 aromatic heterocycles. The van der Waals surface area contributed by atoms with E-state index in [9.17, 15) is 4.79 Å². The van der Waals surface area contributed by atoms with Gasteiger partial charge in [-0.15, -0.1) is 22.9 Å². The van der Waals surface area contributed by atoms with Gasteiger partial charge in [-0.05, 0) is 18.6 Å². The summed E-state index contributed by atoms with van der Waals surface area (Å²) in [4.78, 5) is 12.4. The van der Waals surface area contributed by atoms with E-state index in [2.05, 4.69) is 0 Å². The van der Waals surface area contributed by atoms with Crippen molar-refractivity contribution in [1.82, 2.24) is 0 Å². The quantitative estimate of drug-likeness (QED) is 0.764. The molecule has 12 heavy (non-hydrogen) atoms. The number of alkyl halides is 1. The second-order valence-corrected chi connectivity index (χ2v) is 4.01. The SMILES string of the molecule is O=C(O)Cc1ccc(CCCl)s1. The number of rotatable bonds is 4. The first-order valence-corrected chi connectivity index (χ1v) is 4.93. The van der Waals surface area contributed by atoms with Gasteiger partial charge in [0, 0.05) is 15.6 Å². The number of carboxylic acid groups (broad SMARTS) is 1. The van der Waals surface area contributed by atoms with Crippen LogP contribution in [0.4, 0.5) is 0 Å². The minimum atomic E-state index is -0.783. The Balaban J connectivity index is 2.58. The van der Waals surface area contributed by atoms with Crippen molar-refractivity contribution >= 4 is 28.9 Å². The van der Waals surface area contributed by atoms with Crippen molar-refractivity contribution in [3.05, 3.63) is 21.9 Å². The summed E-state index contributed by atoms with van der Waals surface area (Å²) in [6.45, 7) is 0. The van der Waals surface area contributed by atoms with Crippen LogP contribution in [0, 0.1) is 0 Å². The molecule has 1 rings (SSSR count). The molecule has 0 aliphatic carbocycles. The monoisotopic (exact) mass is 204 g/mol. The van der Waals surface area contributed by atoms with Gasteiger partial charge in [0.1, 0.15) is 0 Å².